The molecule has 11 heteroatoms. The topological polar surface area (TPSA) is 120 Å². The number of nitrogens with one attached hydrogen (secondary N) is 2. The van der Waals surface area contributed by atoms with Gasteiger partial charge in [-0.05, 0) is 50.2 Å². The minimum absolute atomic E-state index is 0.137. The van der Waals surface area contributed by atoms with Gasteiger partial charge in [-0.15, -0.1) is 0 Å². The highest BCUT2D eigenvalue weighted by Crippen LogP contribution is 2.19. The van der Waals surface area contributed by atoms with Crippen molar-refractivity contribution < 1.29 is 9.53 Å². The summed E-state index contributed by atoms with van der Waals surface area (Å²) in [6, 6.07) is 16.1. The second-order valence-corrected chi connectivity index (χ2v) is 8.33. The van der Waals surface area contributed by atoms with Crippen LogP contribution in [0.25, 0.3) is 22.7 Å². The van der Waals surface area contributed by atoms with Crippen LogP contribution in [-0.4, -0.2) is 42.0 Å². The molecule has 0 saturated heterocycles. The summed E-state index contributed by atoms with van der Waals surface area (Å²) in [4.78, 5) is 32.6. The van der Waals surface area contributed by atoms with E-state index in [0.29, 0.717) is 33.3 Å². The van der Waals surface area contributed by atoms with Gasteiger partial charge in [0.15, 0.2) is 12.3 Å². The van der Waals surface area contributed by atoms with Crippen molar-refractivity contribution in [3.8, 4) is 17.4 Å². The summed E-state index contributed by atoms with van der Waals surface area (Å²) in [5.74, 6) is 0.568. The van der Waals surface area contributed by atoms with E-state index < -0.39 is 5.91 Å². The molecule has 2 N–H and O–H groups in total. The molecule has 35 heavy (non-hydrogen) atoms. The quantitative estimate of drug-likeness (QED) is 0.376. The molecule has 5 rings (SSSR count). The lowest BCUT2D eigenvalue weighted by atomic mass is 10.2. The van der Waals surface area contributed by atoms with E-state index in [4.69, 9.17) is 16.3 Å². The minimum Gasteiger partial charge on any atom is -0.484 e. The van der Waals surface area contributed by atoms with Crippen LogP contribution >= 0.6 is 11.6 Å². The van der Waals surface area contributed by atoms with Crippen LogP contribution < -0.4 is 15.6 Å². The van der Waals surface area contributed by atoms with Crippen LogP contribution in [0.2, 0.25) is 5.02 Å². The molecule has 5 aromatic rings. The van der Waals surface area contributed by atoms with Crippen LogP contribution in [0.3, 0.4) is 0 Å². The van der Waals surface area contributed by atoms with Gasteiger partial charge in [0.1, 0.15) is 17.0 Å². The van der Waals surface area contributed by atoms with Crippen LogP contribution in [0, 0.1) is 13.8 Å². The highest BCUT2D eigenvalue weighted by Gasteiger charge is 2.17. The molecule has 0 spiro atoms. The van der Waals surface area contributed by atoms with Gasteiger partial charge in [0, 0.05) is 11.1 Å². The van der Waals surface area contributed by atoms with E-state index in [1.165, 1.54) is 10.9 Å². The standard InChI is InChI=1S/C24H20ClN7O3/c1-14-3-7-17(8-4-14)31-22-19(12-26-31)23(34)29-24(28-22)32-20(11-15(2)30-32)27-21(33)13-35-18-9-5-16(25)6-10-18/h3-12H,13H2,1-2H3,(H,27,33)(H,28,29,34). The first kappa shape index (κ1) is 22.4. The second kappa shape index (κ2) is 9.07. The van der Waals surface area contributed by atoms with Gasteiger partial charge in [0.05, 0.1) is 17.6 Å². The first-order valence-electron chi connectivity index (χ1n) is 10.7. The van der Waals surface area contributed by atoms with E-state index in [2.05, 4.69) is 25.5 Å². The highest BCUT2D eigenvalue weighted by atomic mass is 35.5. The number of benzene rings is 2. The SMILES string of the molecule is Cc1ccc(-n2ncc3c(=O)[nH]c(-n4nc(C)cc4NC(=O)COc4ccc(Cl)cc4)nc32)cc1. The van der Waals surface area contributed by atoms with Crippen molar-refractivity contribution in [1.82, 2.24) is 29.5 Å². The van der Waals surface area contributed by atoms with E-state index in [1.807, 2.05) is 31.2 Å². The number of aryl methyl sites for hydroxylation is 2. The number of aromatic nitrogens is 6. The molecule has 1 amide bonds. The Kier molecular flexibility index (Phi) is 5.79. The largest absolute Gasteiger partial charge is 0.484 e. The van der Waals surface area contributed by atoms with E-state index in [-0.39, 0.29) is 18.1 Å². The number of H-pyrrole nitrogens is 1. The Bertz CT molecular complexity index is 1580. The number of nitrogens with zero attached hydrogens (tertiary/aromatic N) is 5. The molecule has 0 aliphatic rings. The van der Waals surface area contributed by atoms with Crippen LogP contribution in [0.15, 0.2) is 65.6 Å². The van der Waals surface area contributed by atoms with Gasteiger partial charge in [0.2, 0.25) is 5.95 Å². The van der Waals surface area contributed by atoms with Gasteiger partial charge in [0.25, 0.3) is 11.5 Å². The molecule has 0 atom stereocenters. The third-order valence-electron chi connectivity index (χ3n) is 5.19. The molecule has 3 aromatic heterocycles. The van der Waals surface area contributed by atoms with Gasteiger partial charge in [-0.3, -0.25) is 14.6 Å². The number of carbonyl (C=O) groups is 1. The molecule has 0 unspecified atom stereocenters. The lowest BCUT2D eigenvalue weighted by Gasteiger charge is -2.10. The van der Waals surface area contributed by atoms with E-state index in [1.54, 1.807) is 41.9 Å². The molecule has 0 aliphatic carbocycles. The summed E-state index contributed by atoms with van der Waals surface area (Å²) in [6.45, 7) is 3.53. The predicted octanol–water partition coefficient (Wildman–Crippen LogP) is 3.58. The summed E-state index contributed by atoms with van der Waals surface area (Å²) in [5.41, 5.74) is 2.47. The van der Waals surface area contributed by atoms with Crippen LogP contribution in [0.5, 0.6) is 5.75 Å². The number of hydrogen-bond acceptors (Lipinski definition) is 6. The zero-order chi connectivity index (χ0) is 24.5. The van der Waals surface area contributed by atoms with Gasteiger partial charge in [-0.2, -0.15) is 19.9 Å². The second-order valence-electron chi connectivity index (χ2n) is 7.89. The maximum Gasteiger partial charge on any atom is 0.263 e. The number of hydrogen-bond donors (Lipinski definition) is 2. The number of carbonyl (C=O) groups excluding carboxylic acids is 1. The Morgan fingerprint density at radius 1 is 1.09 bits per heavy atom. The smallest absolute Gasteiger partial charge is 0.263 e. The number of anilines is 1. The summed E-state index contributed by atoms with van der Waals surface area (Å²) in [7, 11) is 0. The van der Waals surface area contributed by atoms with Crippen molar-refractivity contribution in [2.45, 2.75) is 13.8 Å². The Balaban J connectivity index is 1.44. The summed E-state index contributed by atoms with van der Waals surface area (Å²) >= 11 is 5.87. The van der Waals surface area contributed by atoms with Crippen molar-refractivity contribution >= 4 is 34.4 Å². The van der Waals surface area contributed by atoms with Crippen LogP contribution in [0.4, 0.5) is 5.82 Å². The number of amides is 1. The van der Waals surface area contributed by atoms with Crippen LogP contribution in [0.1, 0.15) is 11.3 Å². The van der Waals surface area contributed by atoms with Gasteiger partial charge in [-0.25, -0.2) is 4.68 Å². The number of fused-ring (bicyclic) bond motifs is 1. The Hall–Kier alpha value is -4.44. The molecule has 0 radical (unpaired) electrons. The van der Waals surface area contributed by atoms with Crippen molar-refractivity contribution in [2.24, 2.45) is 0 Å². The maximum absolute atomic E-state index is 12.8. The third kappa shape index (κ3) is 4.64. The molecule has 0 saturated carbocycles. The van der Waals surface area contributed by atoms with E-state index in [0.717, 1.165) is 11.3 Å². The molecular weight excluding hydrogens is 470 g/mol. The van der Waals surface area contributed by atoms with Gasteiger partial charge < -0.3 is 10.1 Å². The molecule has 176 valence electrons. The Morgan fingerprint density at radius 2 is 1.83 bits per heavy atom. The first-order chi connectivity index (χ1) is 16.9. The fraction of sp³-hybridized carbons (Fsp3) is 0.125. The molecular formula is C24H20ClN7O3. The van der Waals surface area contributed by atoms with Crippen molar-refractivity contribution in [1.29, 1.82) is 0 Å². The highest BCUT2D eigenvalue weighted by molar-refractivity contribution is 6.30. The van der Waals surface area contributed by atoms with E-state index in [9.17, 15) is 9.59 Å². The van der Waals surface area contributed by atoms with Crippen molar-refractivity contribution in [3.63, 3.8) is 0 Å². The average Bonchev–Trinajstić information content (AvgIpc) is 3.43. The van der Waals surface area contributed by atoms with Gasteiger partial charge in [-0.1, -0.05) is 29.3 Å². The predicted molar refractivity (Wildman–Crippen MR) is 132 cm³/mol. The molecule has 10 nitrogen and oxygen atoms in total. The first-order valence-corrected chi connectivity index (χ1v) is 11.1. The molecule has 0 aliphatic heterocycles. The molecule has 3 heterocycles. The van der Waals surface area contributed by atoms with Crippen molar-refractivity contribution in [2.75, 3.05) is 11.9 Å². The normalized spacial score (nSPS) is 11.1. The van der Waals surface area contributed by atoms with Crippen molar-refractivity contribution in [3.05, 3.63) is 87.4 Å². The lowest BCUT2D eigenvalue weighted by molar-refractivity contribution is -0.118. The summed E-state index contributed by atoms with van der Waals surface area (Å²) < 4.78 is 8.45. The number of halogens is 1. The number of ether oxygens (including phenoxy) is 1. The zero-order valence-corrected chi connectivity index (χ0v) is 19.6. The summed E-state index contributed by atoms with van der Waals surface area (Å²) in [6.07, 6.45) is 1.47. The minimum atomic E-state index is -0.408. The molecule has 2 aromatic carbocycles. The Labute approximate surface area is 204 Å². The fourth-order valence-corrected chi connectivity index (χ4v) is 3.62. The molecule has 0 fully saturated rings. The maximum atomic E-state index is 12.8. The number of aromatic amines is 1. The third-order valence-corrected chi connectivity index (χ3v) is 5.44. The summed E-state index contributed by atoms with van der Waals surface area (Å²) in [5, 5.41) is 12.4. The monoisotopic (exact) mass is 489 g/mol. The number of rotatable bonds is 6. The van der Waals surface area contributed by atoms with E-state index >= 15 is 0 Å². The molecule has 0 bridgehead atoms. The average molecular weight is 490 g/mol. The Morgan fingerprint density at radius 3 is 2.57 bits per heavy atom. The van der Waals surface area contributed by atoms with Crippen LogP contribution in [-0.2, 0) is 4.79 Å². The zero-order valence-electron chi connectivity index (χ0n) is 18.8. The lowest BCUT2D eigenvalue weighted by Crippen LogP contribution is -2.23. The fourth-order valence-electron chi connectivity index (χ4n) is 3.49. The van der Waals surface area contributed by atoms with Gasteiger partial charge >= 0.3 is 0 Å².